The molecule has 0 aromatic heterocycles. The van der Waals surface area contributed by atoms with E-state index < -0.39 is 16.1 Å². The summed E-state index contributed by atoms with van der Waals surface area (Å²) in [5.74, 6) is 4.43. The summed E-state index contributed by atoms with van der Waals surface area (Å²) in [6.07, 6.45) is 0. The molecule has 0 saturated carbocycles. The van der Waals surface area contributed by atoms with Crippen LogP contribution in [-0.4, -0.2) is 29.5 Å². The maximum Gasteiger partial charge on any atom is 0.189 e. The van der Waals surface area contributed by atoms with Gasteiger partial charge in [0.15, 0.2) is 6.79 Å². The SMILES string of the molecule is CC(C)(C)c1cc(C#C[Si](C)(C)C)cc(C(C)(C)C)c1OCOCC[Si](C)(C)C. The van der Waals surface area contributed by atoms with Crippen LogP contribution in [0.15, 0.2) is 12.1 Å². The quantitative estimate of drug-likeness (QED) is 0.205. The Bertz CT molecular complexity index is 708. The highest BCUT2D eigenvalue weighted by Crippen LogP contribution is 2.40. The number of benzene rings is 1. The predicted octanol–water partition coefficient (Wildman–Crippen LogP) is 7.20. The van der Waals surface area contributed by atoms with Gasteiger partial charge in [-0.1, -0.05) is 86.7 Å². The second-order valence-corrected chi connectivity index (χ2v) is 22.8. The summed E-state index contributed by atoms with van der Waals surface area (Å²) in [6, 6.07) is 5.60. The fraction of sp³-hybridized carbons (Fsp3) is 0.680. The summed E-state index contributed by atoms with van der Waals surface area (Å²) in [7, 11) is -2.53. The Hall–Kier alpha value is -1.03. The van der Waals surface area contributed by atoms with Gasteiger partial charge in [-0.15, -0.1) is 5.54 Å². The minimum Gasteiger partial charge on any atom is -0.467 e. The van der Waals surface area contributed by atoms with Crippen LogP contribution in [-0.2, 0) is 15.6 Å². The summed E-state index contributed by atoms with van der Waals surface area (Å²) in [4.78, 5) is 0. The van der Waals surface area contributed by atoms with E-state index in [0.717, 1.165) is 24.0 Å². The maximum atomic E-state index is 6.29. The number of ether oxygens (including phenoxy) is 2. The van der Waals surface area contributed by atoms with Crippen LogP contribution < -0.4 is 4.74 Å². The van der Waals surface area contributed by atoms with E-state index in [9.17, 15) is 0 Å². The summed E-state index contributed by atoms with van der Waals surface area (Å²) >= 11 is 0. The Balaban J connectivity index is 3.31. The molecular weight excluding hydrogens is 388 g/mol. The Kier molecular flexibility index (Phi) is 8.44. The van der Waals surface area contributed by atoms with Crippen molar-refractivity contribution < 1.29 is 9.47 Å². The molecule has 164 valence electrons. The van der Waals surface area contributed by atoms with Crippen molar-refractivity contribution in [2.75, 3.05) is 13.4 Å². The molecule has 0 aliphatic rings. The zero-order valence-corrected chi connectivity index (χ0v) is 23.1. The molecule has 1 aromatic rings. The van der Waals surface area contributed by atoms with Gasteiger partial charge in [0.25, 0.3) is 0 Å². The molecule has 2 nitrogen and oxygen atoms in total. The van der Waals surface area contributed by atoms with Gasteiger partial charge in [-0.2, -0.15) is 0 Å². The highest BCUT2D eigenvalue weighted by Gasteiger charge is 2.28. The van der Waals surface area contributed by atoms with Crippen molar-refractivity contribution >= 4 is 16.1 Å². The van der Waals surface area contributed by atoms with E-state index in [4.69, 9.17) is 9.47 Å². The molecule has 1 rings (SSSR count). The van der Waals surface area contributed by atoms with E-state index in [2.05, 4.69) is 104 Å². The molecule has 0 unspecified atom stereocenters. The topological polar surface area (TPSA) is 18.5 Å². The summed E-state index contributed by atoms with van der Waals surface area (Å²) < 4.78 is 12.2. The Morgan fingerprint density at radius 2 is 1.31 bits per heavy atom. The van der Waals surface area contributed by atoms with E-state index in [0.29, 0.717) is 6.79 Å². The molecule has 0 heterocycles. The number of rotatable bonds is 6. The van der Waals surface area contributed by atoms with Gasteiger partial charge < -0.3 is 9.47 Å². The van der Waals surface area contributed by atoms with E-state index in [1.54, 1.807) is 0 Å². The highest BCUT2D eigenvalue weighted by atomic mass is 28.3. The fourth-order valence-corrected chi connectivity index (χ4v) is 4.04. The first-order chi connectivity index (χ1) is 12.9. The third-order valence-corrected chi connectivity index (χ3v) is 7.15. The van der Waals surface area contributed by atoms with Crippen LogP contribution in [0.4, 0.5) is 0 Å². The molecular formula is C25H44O2Si2. The maximum absolute atomic E-state index is 6.29. The normalized spacial score (nSPS) is 13.1. The largest absolute Gasteiger partial charge is 0.467 e. The van der Waals surface area contributed by atoms with Crippen molar-refractivity contribution in [1.29, 1.82) is 0 Å². The monoisotopic (exact) mass is 432 g/mol. The lowest BCUT2D eigenvalue weighted by molar-refractivity contribution is 0.0199. The first kappa shape index (κ1) is 26.0. The molecule has 0 atom stereocenters. The third-order valence-electron chi connectivity index (χ3n) is 4.57. The molecule has 0 aliphatic heterocycles. The lowest BCUT2D eigenvalue weighted by atomic mass is 9.78. The van der Waals surface area contributed by atoms with Crippen LogP contribution in [0.2, 0.25) is 45.3 Å². The van der Waals surface area contributed by atoms with Gasteiger partial charge in [0, 0.05) is 31.4 Å². The van der Waals surface area contributed by atoms with Gasteiger partial charge >= 0.3 is 0 Å². The molecule has 0 amide bonds. The Morgan fingerprint density at radius 1 is 0.828 bits per heavy atom. The van der Waals surface area contributed by atoms with Crippen LogP contribution in [0.25, 0.3) is 0 Å². The predicted molar refractivity (Wildman–Crippen MR) is 134 cm³/mol. The summed E-state index contributed by atoms with van der Waals surface area (Å²) in [5, 5.41) is 0. The van der Waals surface area contributed by atoms with Crippen LogP contribution in [0, 0.1) is 11.5 Å². The van der Waals surface area contributed by atoms with E-state index in [-0.39, 0.29) is 10.8 Å². The molecule has 0 aliphatic carbocycles. The molecule has 1 aromatic carbocycles. The zero-order valence-electron chi connectivity index (χ0n) is 21.1. The molecule has 0 bridgehead atoms. The van der Waals surface area contributed by atoms with Gasteiger partial charge in [-0.25, -0.2) is 0 Å². The van der Waals surface area contributed by atoms with Gasteiger partial charge in [0.1, 0.15) is 13.8 Å². The number of hydrogen-bond acceptors (Lipinski definition) is 2. The van der Waals surface area contributed by atoms with Gasteiger partial charge in [-0.3, -0.25) is 0 Å². The molecule has 29 heavy (non-hydrogen) atoms. The van der Waals surface area contributed by atoms with Crippen molar-refractivity contribution in [3.63, 3.8) is 0 Å². The van der Waals surface area contributed by atoms with Crippen LogP contribution in [0.5, 0.6) is 5.75 Å². The smallest absolute Gasteiger partial charge is 0.189 e. The second kappa shape index (κ2) is 9.41. The van der Waals surface area contributed by atoms with Crippen molar-refractivity contribution in [2.24, 2.45) is 0 Å². The van der Waals surface area contributed by atoms with Crippen molar-refractivity contribution in [3.05, 3.63) is 28.8 Å². The third kappa shape index (κ3) is 9.55. The van der Waals surface area contributed by atoms with Gasteiger partial charge in [0.05, 0.1) is 0 Å². The Labute approximate surface area is 182 Å². The zero-order chi connectivity index (χ0) is 22.7. The molecule has 0 N–H and O–H groups in total. The average Bonchev–Trinajstić information content (AvgIpc) is 2.49. The molecule has 0 fully saturated rings. The molecule has 4 heteroatoms. The van der Waals surface area contributed by atoms with E-state index in [1.807, 2.05) is 0 Å². The van der Waals surface area contributed by atoms with Crippen LogP contribution in [0.1, 0.15) is 58.2 Å². The molecule has 0 spiro atoms. The van der Waals surface area contributed by atoms with Crippen LogP contribution >= 0.6 is 0 Å². The number of hydrogen-bond donors (Lipinski definition) is 0. The highest BCUT2D eigenvalue weighted by molar-refractivity contribution is 6.83. The van der Waals surface area contributed by atoms with E-state index >= 15 is 0 Å². The van der Waals surface area contributed by atoms with Gasteiger partial charge in [-0.05, 0) is 29.0 Å². The average molecular weight is 433 g/mol. The molecule has 0 radical (unpaired) electrons. The minimum absolute atomic E-state index is 0.0372. The lowest BCUT2D eigenvalue weighted by Gasteiger charge is -2.30. The van der Waals surface area contributed by atoms with Gasteiger partial charge in [0.2, 0.25) is 0 Å². The Morgan fingerprint density at radius 3 is 1.69 bits per heavy atom. The lowest BCUT2D eigenvalue weighted by Crippen LogP contribution is -2.23. The fourth-order valence-electron chi connectivity index (χ4n) is 2.77. The summed E-state index contributed by atoms with van der Waals surface area (Å²) in [6.45, 7) is 28.5. The van der Waals surface area contributed by atoms with E-state index in [1.165, 1.54) is 11.1 Å². The minimum atomic E-state index is -1.43. The first-order valence-corrected chi connectivity index (χ1v) is 18.0. The van der Waals surface area contributed by atoms with Crippen molar-refractivity contribution in [1.82, 2.24) is 0 Å². The molecule has 0 saturated heterocycles. The standard InChI is InChI=1S/C25H44O2Si2/c1-24(2,3)21-17-20(13-15-28(7,8)9)18-22(25(4,5)6)23(21)27-19-26-14-16-29(10,11)12/h17-18H,14,16,19H2,1-12H3. The van der Waals surface area contributed by atoms with Crippen molar-refractivity contribution in [3.8, 4) is 17.2 Å². The first-order valence-electron chi connectivity index (χ1n) is 10.8. The second-order valence-electron chi connectivity index (χ2n) is 12.4. The van der Waals surface area contributed by atoms with Crippen molar-refractivity contribution in [2.45, 2.75) is 97.7 Å². The summed E-state index contributed by atoms with van der Waals surface area (Å²) in [5.41, 5.74) is 6.95. The van der Waals surface area contributed by atoms with Crippen LogP contribution in [0.3, 0.4) is 0 Å².